The molecule has 1 amide bonds. The van der Waals surface area contributed by atoms with Gasteiger partial charge in [0.05, 0.1) is 5.92 Å². The van der Waals surface area contributed by atoms with Gasteiger partial charge < -0.3 is 11.1 Å². The van der Waals surface area contributed by atoms with Crippen molar-refractivity contribution in [2.45, 2.75) is 56.2 Å². The predicted molar refractivity (Wildman–Crippen MR) is 101 cm³/mol. The highest BCUT2D eigenvalue weighted by Crippen LogP contribution is 2.28. The Morgan fingerprint density at radius 1 is 1.48 bits per heavy atom. The Morgan fingerprint density at radius 2 is 2.24 bits per heavy atom. The van der Waals surface area contributed by atoms with Crippen LogP contribution in [0.3, 0.4) is 0 Å². The number of hydrogen-bond donors (Lipinski definition) is 2. The van der Waals surface area contributed by atoms with Gasteiger partial charge in [0.25, 0.3) is 10.0 Å². The summed E-state index contributed by atoms with van der Waals surface area (Å²) < 4.78 is 27.4. The maximum Gasteiger partial charge on any atom is 0.252 e. The van der Waals surface area contributed by atoms with Crippen LogP contribution in [0.2, 0.25) is 0 Å². The van der Waals surface area contributed by atoms with E-state index in [1.54, 1.807) is 6.07 Å². The number of rotatable bonds is 8. The molecule has 8 heteroatoms. The lowest BCUT2D eigenvalue weighted by molar-refractivity contribution is -0.126. The lowest BCUT2D eigenvalue weighted by Crippen LogP contribution is -2.49. The molecule has 1 saturated heterocycles. The van der Waals surface area contributed by atoms with Crippen LogP contribution in [0.4, 0.5) is 0 Å². The van der Waals surface area contributed by atoms with Crippen molar-refractivity contribution in [3.05, 3.63) is 17.0 Å². The number of hydrogen-bond acceptors (Lipinski definition) is 5. The minimum absolute atomic E-state index is 0.0284. The van der Waals surface area contributed by atoms with E-state index >= 15 is 0 Å². The van der Waals surface area contributed by atoms with Crippen LogP contribution in [0.15, 0.2) is 16.3 Å². The first-order valence-corrected chi connectivity index (χ1v) is 11.2. The zero-order chi connectivity index (χ0) is 18.4. The summed E-state index contributed by atoms with van der Waals surface area (Å²) in [6.07, 6.45) is 4.35. The Balaban J connectivity index is 2.01. The van der Waals surface area contributed by atoms with Crippen molar-refractivity contribution in [3.8, 4) is 0 Å². The summed E-state index contributed by atoms with van der Waals surface area (Å²) in [7, 11) is -3.51. The predicted octanol–water partition coefficient (Wildman–Crippen LogP) is 2.09. The Hall–Kier alpha value is -0.960. The van der Waals surface area contributed by atoms with Crippen molar-refractivity contribution in [3.63, 3.8) is 0 Å². The first kappa shape index (κ1) is 20.4. The van der Waals surface area contributed by atoms with E-state index in [1.165, 1.54) is 15.6 Å². The monoisotopic (exact) mass is 387 g/mol. The first-order valence-electron chi connectivity index (χ1n) is 8.95. The van der Waals surface area contributed by atoms with Crippen molar-refractivity contribution < 1.29 is 13.2 Å². The third-order valence-electron chi connectivity index (χ3n) is 4.60. The molecular formula is C17H29N3O3S2. The maximum absolute atomic E-state index is 12.8. The van der Waals surface area contributed by atoms with Crippen LogP contribution in [0.1, 0.15) is 43.9 Å². The molecule has 0 spiro atoms. The second kappa shape index (κ2) is 9.12. The van der Waals surface area contributed by atoms with Gasteiger partial charge in [0, 0.05) is 30.6 Å². The van der Waals surface area contributed by atoms with Gasteiger partial charge in [0.2, 0.25) is 5.91 Å². The van der Waals surface area contributed by atoms with Crippen molar-refractivity contribution in [1.29, 1.82) is 0 Å². The van der Waals surface area contributed by atoms with Crippen LogP contribution in [0.25, 0.3) is 0 Å². The SMILES string of the molecule is CCCCC(CN)NC(=O)C1CCCN(S(=O)(=O)c2ccc(C)s2)C1. The topological polar surface area (TPSA) is 92.5 Å². The summed E-state index contributed by atoms with van der Waals surface area (Å²) in [5, 5.41) is 3.00. The zero-order valence-corrected chi connectivity index (χ0v) is 16.7. The lowest BCUT2D eigenvalue weighted by Gasteiger charge is -2.31. The number of carbonyl (C=O) groups excluding carboxylic acids is 1. The van der Waals surface area contributed by atoms with Gasteiger partial charge >= 0.3 is 0 Å². The highest BCUT2D eigenvalue weighted by atomic mass is 32.2. The number of piperidine rings is 1. The normalized spacial score (nSPS) is 20.4. The summed E-state index contributed by atoms with van der Waals surface area (Å²) in [5.41, 5.74) is 5.75. The van der Waals surface area contributed by atoms with E-state index in [2.05, 4.69) is 12.2 Å². The van der Waals surface area contributed by atoms with Gasteiger partial charge in [-0.3, -0.25) is 4.79 Å². The lowest BCUT2D eigenvalue weighted by atomic mass is 9.98. The number of nitrogens with zero attached hydrogens (tertiary/aromatic N) is 1. The van der Waals surface area contributed by atoms with E-state index < -0.39 is 10.0 Å². The number of amides is 1. The van der Waals surface area contributed by atoms with Crippen LogP contribution < -0.4 is 11.1 Å². The standard InChI is InChI=1S/C17H29N3O3S2/c1-3-4-7-15(11-18)19-17(21)14-6-5-10-20(12-14)25(22,23)16-9-8-13(2)24-16/h8-9,14-15H,3-7,10-12,18H2,1-2H3,(H,19,21). The number of nitrogens with one attached hydrogen (secondary N) is 1. The van der Waals surface area contributed by atoms with Gasteiger partial charge in [0.1, 0.15) is 4.21 Å². The molecule has 6 nitrogen and oxygen atoms in total. The van der Waals surface area contributed by atoms with Gasteiger partial charge in [0.15, 0.2) is 0 Å². The zero-order valence-electron chi connectivity index (χ0n) is 15.0. The molecule has 142 valence electrons. The van der Waals surface area contributed by atoms with Crippen LogP contribution in [0, 0.1) is 12.8 Å². The molecule has 2 unspecified atom stereocenters. The minimum atomic E-state index is -3.51. The summed E-state index contributed by atoms with van der Waals surface area (Å²) >= 11 is 1.27. The quantitative estimate of drug-likeness (QED) is 0.714. The van der Waals surface area contributed by atoms with Crippen LogP contribution >= 0.6 is 11.3 Å². The third-order valence-corrected chi connectivity index (χ3v) is 7.94. The summed E-state index contributed by atoms with van der Waals surface area (Å²) in [4.78, 5) is 13.5. The molecule has 2 heterocycles. The molecule has 1 fully saturated rings. The molecule has 3 N–H and O–H groups in total. The third kappa shape index (κ3) is 5.26. The van der Waals surface area contributed by atoms with E-state index in [-0.39, 0.29) is 24.4 Å². The number of aryl methyl sites for hydroxylation is 1. The average Bonchev–Trinajstić information content (AvgIpc) is 3.05. The van der Waals surface area contributed by atoms with Crippen molar-refractivity contribution in [2.24, 2.45) is 11.7 Å². The van der Waals surface area contributed by atoms with Gasteiger partial charge in [-0.15, -0.1) is 11.3 Å². The molecule has 0 saturated carbocycles. The van der Waals surface area contributed by atoms with E-state index in [0.717, 1.165) is 24.1 Å². The fraction of sp³-hybridized carbons (Fsp3) is 0.706. The fourth-order valence-corrected chi connectivity index (χ4v) is 6.03. The van der Waals surface area contributed by atoms with E-state index in [0.29, 0.717) is 30.1 Å². The van der Waals surface area contributed by atoms with Crippen molar-refractivity contribution in [1.82, 2.24) is 9.62 Å². The number of carbonyl (C=O) groups is 1. The maximum atomic E-state index is 12.8. The van der Waals surface area contributed by atoms with E-state index in [1.807, 2.05) is 13.0 Å². The molecule has 0 aliphatic carbocycles. The average molecular weight is 388 g/mol. The van der Waals surface area contributed by atoms with E-state index in [4.69, 9.17) is 5.73 Å². The fourth-order valence-electron chi connectivity index (χ4n) is 3.07. The Labute approximate surface area is 154 Å². The van der Waals surface area contributed by atoms with Gasteiger partial charge in [-0.25, -0.2) is 8.42 Å². The second-order valence-corrected chi connectivity index (χ2v) is 10.1. The summed E-state index contributed by atoms with van der Waals surface area (Å²) in [5.74, 6) is -0.380. The Bertz CT molecular complexity index is 672. The molecule has 0 radical (unpaired) electrons. The van der Waals surface area contributed by atoms with Crippen molar-refractivity contribution in [2.75, 3.05) is 19.6 Å². The molecule has 2 atom stereocenters. The molecular weight excluding hydrogens is 358 g/mol. The highest BCUT2D eigenvalue weighted by Gasteiger charge is 2.34. The van der Waals surface area contributed by atoms with Gasteiger partial charge in [-0.05, 0) is 38.3 Å². The molecule has 1 aromatic heterocycles. The highest BCUT2D eigenvalue weighted by molar-refractivity contribution is 7.91. The smallest absolute Gasteiger partial charge is 0.252 e. The minimum Gasteiger partial charge on any atom is -0.352 e. The molecule has 1 aliphatic heterocycles. The molecule has 25 heavy (non-hydrogen) atoms. The van der Waals surface area contributed by atoms with E-state index in [9.17, 15) is 13.2 Å². The summed E-state index contributed by atoms with van der Waals surface area (Å²) in [6.45, 7) is 5.12. The summed E-state index contributed by atoms with van der Waals surface area (Å²) in [6, 6.07) is 3.43. The number of sulfonamides is 1. The Morgan fingerprint density at radius 3 is 2.84 bits per heavy atom. The number of unbranched alkanes of at least 4 members (excludes halogenated alkanes) is 1. The van der Waals surface area contributed by atoms with Crippen LogP contribution in [0.5, 0.6) is 0 Å². The number of thiophene rings is 1. The molecule has 1 aliphatic rings. The Kier molecular flexibility index (Phi) is 7.42. The van der Waals surface area contributed by atoms with Crippen LogP contribution in [-0.2, 0) is 14.8 Å². The van der Waals surface area contributed by atoms with Gasteiger partial charge in [-0.1, -0.05) is 19.8 Å². The first-order chi connectivity index (χ1) is 11.9. The van der Waals surface area contributed by atoms with Gasteiger partial charge in [-0.2, -0.15) is 4.31 Å². The van der Waals surface area contributed by atoms with Crippen LogP contribution in [-0.4, -0.2) is 44.3 Å². The number of nitrogens with two attached hydrogens (primary N) is 1. The molecule has 0 bridgehead atoms. The molecule has 1 aromatic rings. The second-order valence-electron chi connectivity index (χ2n) is 6.65. The van der Waals surface area contributed by atoms with Crippen molar-refractivity contribution >= 4 is 27.3 Å². The molecule has 0 aromatic carbocycles. The largest absolute Gasteiger partial charge is 0.352 e. The molecule has 2 rings (SSSR count).